The predicted octanol–water partition coefficient (Wildman–Crippen LogP) is 4.71. The Morgan fingerprint density at radius 2 is 1.83 bits per heavy atom. The van der Waals surface area contributed by atoms with Crippen molar-refractivity contribution >= 4 is 48.4 Å². The fourth-order valence-electron chi connectivity index (χ4n) is 1.96. The van der Waals surface area contributed by atoms with Crippen molar-refractivity contribution in [3.8, 4) is 0 Å². The normalized spacial score (nSPS) is 11.3. The molecule has 0 spiro atoms. The van der Waals surface area contributed by atoms with Gasteiger partial charge in [-0.05, 0) is 23.7 Å². The topological polar surface area (TPSA) is 17.1 Å². The lowest BCUT2D eigenvalue weighted by atomic mass is 10.1. The summed E-state index contributed by atoms with van der Waals surface area (Å²) in [6, 6.07) is 8.41. The van der Waals surface area contributed by atoms with Crippen LogP contribution in [0.25, 0.3) is 20.2 Å². The Labute approximate surface area is 110 Å². The second-order valence-electron chi connectivity index (χ2n) is 3.80. The zero-order valence-corrected chi connectivity index (χ0v) is 10.4. The van der Waals surface area contributed by atoms with E-state index < -0.39 is 22.4 Å². The van der Waals surface area contributed by atoms with Gasteiger partial charge in [0.1, 0.15) is 0 Å². The monoisotopic (exact) mass is 282 g/mol. The summed E-state index contributed by atoms with van der Waals surface area (Å²) in [4.78, 5) is 11.0. The van der Waals surface area contributed by atoms with Gasteiger partial charge in [-0.2, -0.15) is 0 Å². The lowest BCUT2D eigenvalue weighted by Gasteiger charge is -2.00. The Morgan fingerprint density at radius 1 is 1.11 bits per heavy atom. The Kier molecular flexibility index (Phi) is 2.57. The minimum atomic E-state index is -1.19. The molecule has 0 radical (unpaired) electrons. The molecule has 0 aliphatic heterocycles. The number of rotatable bonds is 1. The van der Waals surface area contributed by atoms with E-state index in [2.05, 4.69) is 0 Å². The average Bonchev–Trinajstić information content (AvgIpc) is 2.71. The van der Waals surface area contributed by atoms with Crippen LogP contribution in [0.5, 0.6) is 0 Å². The van der Waals surface area contributed by atoms with Gasteiger partial charge in [0.15, 0.2) is 11.6 Å². The Balaban J connectivity index is 2.54. The highest BCUT2D eigenvalue weighted by atomic mass is 35.5. The molecule has 3 aromatic rings. The van der Waals surface area contributed by atoms with Crippen molar-refractivity contribution in [2.75, 3.05) is 0 Å². The van der Waals surface area contributed by atoms with E-state index in [0.717, 1.165) is 4.70 Å². The number of fused-ring (bicyclic) bond motifs is 3. The zero-order valence-electron chi connectivity index (χ0n) is 8.84. The lowest BCUT2D eigenvalue weighted by molar-refractivity contribution is 0.107. The van der Waals surface area contributed by atoms with Gasteiger partial charge >= 0.3 is 0 Å². The molecule has 0 fully saturated rings. The zero-order chi connectivity index (χ0) is 12.9. The van der Waals surface area contributed by atoms with E-state index >= 15 is 0 Å². The minimum Gasteiger partial charge on any atom is -0.275 e. The first kappa shape index (κ1) is 11.6. The molecular weight excluding hydrogens is 278 g/mol. The van der Waals surface area contributed by atoms with Gasteiger partial charge in [0, 0.05) is 20.2 Å². The number of hydrogen-bond donors (Lipinski definition) is 0. The third-order valence-corrected chi connectivity index (χ3v) is 4.08. The molecule has 5 heteroatoms. The van der Waals surface area contributed by atoms with Crippen LogP contribution in [0.15, 0.2) is 30.3 Å². The van der Waals surface area contributed by atoms with Crippen LogP contribution in [0.1, 0.15) is 10.4 Å². The van der Waals surface area contributed by atoms with E-state index in [1.807, 2.05) is 12.1 Å². The second kappa shape index (κ2) is 4.00. The Hall–Kier alpha value is -1.52. The van der Waals surface area contributed by atoms with E-state index in [4.69, 9.17) is 11.6 Å². The maximum absolute atomic E-state index is 14.0. The molecule has 0 aliphatic rings. The standard InChI is InChI=1S/C13H5ClF2OS/c14-13(17)7-5-9-10(12(16)11(7)15)6-3-1-2-4-8(6)18-9/h1-5H. The summed E-state index contributed by atoms with van der Waals surface area (Å²) in [5.41, 5.74) is -0.423. The maximum atomic E-state index is 14.0. The molecule has 0 atom stereocenters. The number of halogens is 3. The minimum absolute atomic E-state index is 0.203. The van der Waals surface area contributed by atoms with Gasteiger partial charge in [0.25, 0.3) is 5.24 Å². The Bertz CT molecular complexity index is 794. The SMILES string of the molecule is O=C(Cl)c1cc2sc3ccccc3c2c(F)c1F. The molecule has 0 bridgehead atoms. The van der Waals surface area contributed by atoms with Gasteiger partial charge in [-0.25, -0.2) is 8.78 Å². The Morgan fingerprint density at radius 3 is 2.56 bits per heavy atom. The van der Waals surface area contributed by atoms with Crippen molar-refractivity contribution in [3.05, 3.63) is 47.5 Å². The molecule has 90 valence electrons. The molecule has 3 rings (SSSR count). The average molecular weight is 283 g/mol. The van der Waals surface area contributed by atoms with Gasteiger partial charge in [0.05, 0.1) is 5.56 Å². The van der Waals surface area contributed by atoms with Crippen LogP contribution in [-0.4, -0.2) is 5.24 Å². The first-order valence-corrected chi connectivity index (χ1v) is 6.28. The van der Waals surface area contributed by atoms with Crippen molar-refractivity contribution in [2.24, 2.45) is 0 Å². The van der Waals surface area contributed by atoms with Crippen LogP contribution >= 0.6 is 22.9 Å². The molecule has 0 aliphatic carbocycles. The highest BCUT2D eigenvalue weighted by Gasteiger charge is 2.20. The third kappa shape index (κ3) is 1.53. The van der Waals surface area contributed by atoms with Crippen molar-refractivity contribution in [3.63, 3.8) is 0 Å². The third-order valence-electron chi connectivity index (χ3n) is 2.76. The molecule has 2 aromatic carbocycles. The molecule has 1 heterocycles. The van der Waals surface area contributed by atoms with E-state index in [-0.39, 0.29) is 5.39 Å². The fourth-order valence-corrected chi connectivity index (χ4v) is 3.24. The van der Waals surface area contributed by atoms with Crippen molar-refractivity contribution in [2.45, 2.75) is 0 Å². The number of hydrogen-bond acceptors (Lipinski definition) is 2. The largest absolute Gasteiger partial charge is 0.275 e. The van der Waals surface area contributed by atoms with Crippen LogP contribution in [0.4, 0.5) is 8.78 Å². The van der Waals surface area contributed by atoms with E-state index in [0.29, 0.717) is 10.1 Å². The highest BCUT2D eigenvalue weighted by Crippen LogP contribution is 2.37. The molecule has 18 heavy (non-hydrogen) atoms. The summed E-state index contributed by atoms with van der Waals surface area (Å²) in [6.45, 7) is 0. The molecule has 0 amide bonds. The first-order chi connectivity index (χ1) is 8.59. The maximum Gasteiger partial charge on any atom is 0.255 e. The molecular formula is C13H5ClF2OS. The number of carbonyl (C=O) groups excluding carboxylic acids is 1. The number of carbonyl (C=O) groups is 1. The van der Waals surface area contributed by atoms with Crippen LogP contribution in [0.2, 0.25) is 0 Å². The van der Waals surface area contributed by atoms with Crippen molar-refractivity contribution in [1.82, 2.24) is 0 Å². The predicted molar refractivity (Wildman–Crippen MR) is 69.4 cm³/mol. The molecule has 0 saturated heterocycles. The summed E-state index contributed by atoms with van der Waals surface area (Å²) in [5.74, 6) is -2.21. The summed E-state index contributed by atoms with van der Waals surface area (Å²) >= 11 is 6.54. The van der Waals surface area contributed by atoms with E-state index in [1.165, 1.54) is 17.4 Å². The van der Waals surface area contributed by atoms with Gasteiger partial charge in [-0.15, -0.1) is 11.3 Å². The number of benzene rings is 2. The summed E-state index contributed by atoms with van der Waals surface area (Å²) in [7, 11) is 0. The van der Waals surface area contributed by atoms with Gasteiger partial charge in [-0.1, -0.05) is 18.2 Å². The van der Waals surface area contributed by atoms with Crippen LogP contribution in [-0.2, 0) is 0 Å². The quantitative estimate of drug-likeness (QED) is 0.591. The molecule has 0 saturated carbocycles. The van der Waals surface area contributed by atoms with Gasteiger partial charge in [0.2, 0.25) is 0 Å². The van der Waals surface area contributed by atoms with E-state index in [9.17, 15) is 13.6 Å². The lowest BCUT2D eigenvalue weighted by Crippen LogP contribution is -1.97. The molecule has 0 N–H and O–H groups in total. The molecule has 1 aromatic heterocycles. The molecule has 1 nitrogen and oxygen atoms in total. The van der Waals surface area contributed by atoms with Crippen molar-refractivity contribution < 1.29 is 13.6 Å². The highest BCUT2D eigenvalue weighted by molar-refractivity contribution is 7.25. The smallest absolute Gasteiger partial charge is 0.255 e. The van der Waals surface area contributed by atoms with Crippen LogP contribution in [0.3, 0.4) is 0 Å². The summed E-state index contributed by atoms with van der Waals surface area (Å²) in [5, 5.41) is -0.150. The van der Waals surface area contributed by atoms with Gasteiger partial charge in [-0.3, -0.25) is 4.79 Å². The van der Waals surface area contributed by atoms with Gasteiger partial charge < -0.3 is 0 Å². The van der Waals surface area contributed by atoms with Crippen LogP contribution in [0, 0.1) is 11.6 Å². The summed E-state index contributed by atoms with van der Waals surface area (Å²) in [6.07, 6.45) is 0. The second-order valence-corrected chi connectivity index (χ2v) is 5.22. The van der Waals surface area contributed by atoms with E-state index in [1.54, 1.807) is 12.1 Å². The summed E-state index contributed by atoms with van der Waals surface area (Å²) < 4.78 is 29.1. The number of thiophene rings is 1. The molecule has 0 unspecified atom stereocenters. The van der Waals surface area contributed by atoms with Crippen molar-refractivity contribution in [1.29, 1.82) is 0 Å². The fraction of sp³-hybridized carbons (Fsp3) is 0. The first-order valence-electron chi connectivity index (χ1n) is 5.08. The van der Waals surface area contributed by atoms with Crippen LogP contribution < -0.4 is 0 Å².